The Morgan fingerprint density at radius 1 is 1.22 bits per heavy atom. The van der Waals surface area contributed by atoms with Crippen LogP contribution in [0.3, 0.4) is 0 Å². The number of aryl methyl sites for hydroxylation is 2. The van der Waals surface area contributed by atoms with E-state index in [4.69, 9.17) is 0 Å². The molecule has 0 aliphatic carbocycles. The first-order valence-corrected chi connectivity index (χ1v) is 7.41. The number of hydrogen-bond donors (Lipinski definition) is 2. The molecule has 23 heavy (non-hydrogen) atoms. The van der Waals surface area contributed by atoms with Gasteiger partial charge in [0.2, 0.25) is 0 Å². The minimum Gasteiger partial charge on any atom is -0.481 e. The van der Waals surface area contributed by atoms with Crippen LogP contribution in [0.1, 0.15) is 40.3 Å². The van der Waals surface area contributed by atoms with E-state index in [1.807, 2.05) is 37.3 Å². The first-order chi connectivity index (χ1) is 10.8. The van der Waals surface area contributed by atoms with Gasteiger partial charge in [0.25, 0.3) is 5.91 Å². The highest BCUT2D eigenvalue weighted by molar-refractivity contribution is 5.97. The molecule has 0 saturated heterocycles. The molecule has 0 fully saturated rings. The van der Waals surface area contributed by atoms with Gasteiger partial charge >= 0.3 is 5.97 Å². The number of rotatable bonds is 5. The number of carbonyl (C=O) groups excluding carboxylic acids is 1. The van der Waals surface area contributed by atoms with E-state index < -0.39 is 17.9 Å². The van der Waals surface area contributed by atoms with Crippen molar-refractivity contribution in [3.8, 4) is 0 Å². The molecule has 0 saturated carbocycles. The Labute approximate surface area is 135 Å². The molecule has 2 atom stereocenters. The second-order valence-corrected chi connectivity index (χ2v) is 5.66. The molecule has 1 heterocycles. The number of nitrogens with zero attached hydrogens (tertiary/aromatic N) is 2. The summed E-state index contributed by atoms with van der Waals surface area (Å²) in [6.45, 7) is 5.16. The van der Waals surface area contributed by atoms with Crippen LogP contribution in [-0.4, -0.2) is 26.8 Å². The molecule has 2 N–H and O–H groups in total. The van der Waals surface area contributed by atoms with Gasteiger partial charge in [0.1, 0.15) is 0 Å². The van der Waals surface area contributed by atoms with Crippen LogP contribution < -0.4 is 5.32 Å². The molecule has 0 aliphatic heterocycles. The molecular weight excluding hydrogens is 294 g/mol. The van der Waals surface area contributed by atoms with Crippen molar-refractivity contribution in [2.45, 2.75) is 26.8 Å². The number of amides is 1. The molecular formula is C17H21N3O3. The molecule has 0 radical (unpaired) electrons. The van der Waals surface area contributed by atoms with Crippen molar-refractivity contribution in [1.29, 1.82) is 0 Å². The largest absolute Gasteiger partial charge is 0.481 e. The molecule has 0 aliphatic rings. The molecule has 2 rings (SSSR count). The normalized spacial score (nSPS) is 13.4. The lowest BCUT2D eigenvalue weighted by molar-refractivity contribution is -0.142. The predicted octanol–water partition coefficient (Wildman–Crippen LogP) is 2.23. The summed E-state index contributed by atoms with van der Waals surface area (Å²) in [6.07, 6.45) is 0. The van der Waals surface area contributed by atoms with Crippen LogP contribution in [0.4, 0.5) is 0 Å². The second-order valence-electron chi connectivity index (χ2n) is 5.66. The number of carboxylic acid groups (broad SMARTS) is 1. The maximum absolute atomic E-state index is 12.7. The number of carboxylic acids is 1. The highest BCUT2D eigenvalue weighted by Gasteiger charge is 2.28. The van der Waals surface area contributed by atoms with Crippen molar-refractivity contribution in [1.82, 2.24) is 15.1 Å². The summed E-state index contributed by atoms with van der Waals surface area (Å²) in [5.74, 6) is -2.02. The zero-order valence-electron chi connectivity index (χ0n) is 13.7. The maximum atomic E-state index is 12.7. The number of aromatic nitrogens is 2. The van der Waals surface area contributed by atoms with Gasteiger partial charge in [-0.3, -0.25) is 14.3 Å². The molecule has 2 unspecified atom stereocenters. The van der Waals surface area contributed by atoms with Crippen LogP contribution in [0.15, 0.2) is 30.3 Å². The van der Waals surface area contributed by atoms with Crippen molar-refractivity contribution < 1.29 is 14.7 Å². The molecule has 0 bridgehead atoms. The smallest absolute Gasteiger partial charge is 0.308 e. The number of nitrogens with one attached hydrogen (secondary N) is 1. The van der Waals surface area contributed by atoms with Crippen LogP contribution in [0.2, 0.25) is 0 Å². The van der Waals surface area contributed by atoms with Gasteiger partial charge in [0, 0.05) is 12.7 Å². The van der Waals surface area contributed by atoms with E-state index in [1.165, 1.54) is 0 Å². The Balaban J connectivity index is 2.34. The topological polar surface area (TPSA) is 84.2 Å². The third-order valence-corrected chi connectivity index (χ3v) is 4.07. The molecule has 6 nitrogen and oxygen atoms in total. The third-order valence-electron chi connectivity index (χ3n) is 4.07. The zero-order valence-corrected chi connectivity index (χ0v) is 13.7. The Hall–Kier alpha value is -2.63. The highest BCUT2D eigenvalue weighted by atomic mass is 16.4. The van der Waals surface area contributed by atoms with Gasteiger partial charge < -0.3 is 10.4 Å². The fraction of sp³-hybridized carbons (Fsp3) is 0.353. The van der Waals surface area contributed by atoms with E-state index in [9.17, 15) is 14.7 Å². The lowest BCUT2D eigenvalue weighted by Crippen LogP contribution is -2.36. The lowest BCUT2D eigenvalue weighted by atomic mass is 9.94. The standard InChI is InChI=1S/C17H21N3O3/c1-10(17(22)23)15(13-8-6-5-7-9-13)18-16(21)14-11(2)19-20(4)12(14)3/h5-10,15H,1-4H3,(H,18,21)(H,22,23). The molecule has 1 amide bonds. The highest BCUT2D eigenvalue weighted by Crippen LogP contribution is 2.23. The summed E-state index contributed by atoms with van der Waals surface area (Å²) in [5.41, 5.74) is 2.62. The Kier molecular flexibility index (Phi) is 4.83. The summed E-state index contributed by atoms with van der Waals surface area (Å²) >= 11 is 0. The molecule has 1 aromatic heterocycles. The fourth-order valence-electron chi connectivity index (χ4n) is 2.62. The molecule has 1 aromatic carbocycles. The minimum atomic E-state index is -0.959. The Bertz CT molecular complexity index is 722. The SMILES string of the molecule is Cc1nn(C)c(C)c1C(=O)NC(c1ccccc1)C(C)C(=O)O. The number of benzene rings is 1. The zero-order chi connectivity index (χ0) is 17.1. The average molecular weight is 315 g/mol. The summed E-state index contributed by atoms with van der Waals surface area (Å²) in [5, 5.41) is 16.4. The van der Waals surface area contributed by atoms with Gasteiger partial charge in [-0.2, -0.15) is 5.10 Å². The van der Waals surface area contributed by atoms with Gasteiger partial charge in [-0.05, 0) is 26.3 Å². The van der Waals surface area contributed by atoms with Crippen molar-refractivity contribution in [2.24, 2.45) is 13.0 Å². The summed E-state index contributed by atoms with van der Waals surface area (Å²) in [7, 11) is 1.77. The van der Waals surface area contributed by atoms with E-state index >= 15 is 0 Å². The van der Waals surface area contributed by atoms with Crippen LogP contribution in [0, 0.1) is 19.8 Å². The van der Waals surface area contributed by atoms with Gasteiger partial charge in [-0.15, -0.1) is 0 Å². The van der Waals surface area contributed by atoms with Crippen molar-refractivity contribution >= 4 is 11.9 Å². The quantitative estimate of drug-likeness (QED) is 0.886. The summed E-state index contributed by atoms with van der Waals surface area (Å²) in [6, 6.07) is 8.51. The van der Waals surface area contributed by atoms with Gasteiger partial charge in [-0.25, -0.2) is 0 Å². The Morgan fingerprint density at radius 2 is 1.83 bits per heavy atom. The van der Waals surface area contributed by atoms with Crippen LogP contribution in [0.25, 0.3) is 0 Å². The van der Waals surface area contributed by atoms with E-state index in [2.05, 4.69) is 10.4 Å². The van der Waals surface area contributed by atoms with Gasteiger partial charge in [-0.1, -0.05) is 30.3 Å². The second kappa shape index (κ2) is 6.64. The summed E-state index contributed by atoms with van der Waals surface area (Å²) < 4.78 is 1.64. The maximum Gasteiger partial charge on any atom is 0.308 e. The number of aliphatic carboxylic acids is 1. The predicted molar refractivity (Wildman–Crippen MR) is 86.1 cm³/mol. The van der Waals surface area contributed by atoms with Crippen molar-refractivity contribution in [3.63, 3.8) is 0 Å². The first-order valence-electron chi connectivity index (χ1n) is 7.41. The minimum absolute atomic E-state index is 0.310. The molecule has 122 valence electrons. The first kappa shape index (κ1) is 16.7. The van der Waals surface area contributed by atoms with Gasteiger partial charge in [0.05, 0.1) is 23.2 Å². The number of carbonyl (C=O) groups is 2. The lowest BCUT2D eigenvalue weighted by Gasteiger charge is -2.23. The van der Waals surface area contributed by atoms with E-state index in [0.29, 0.717) is 11.3 Å². The van der Waals surface area contributed by atoms with E-state index in [-0.39, 0.29) is 5.91 Å². The molecule has 2 aromatic rings. The van der Waals surface area contributed by atoms with E-state index in [1.54, 1.807) is 25.6 Å². The monoisotopic (exact) mass is 315 g/mol. The molecule has 0 spiro atoms. The third kappa shape index (κ3) is 3.41. The average Bonchev–Trinajstić information content (AvgIpc) is 2.77. The van der Waals surface area contributed by atoms with Crippen molar-refractivity contribution in [3.05, 3.63) is 52.8 Å². The molecule has 6 heteroatoms. The van der Waals surface area contributed by atoms with Crippen LogP contribution in [-0.2, 0) is 11.8 Å². The Morgan fingerprint density at radius 3 is 2.30 bits per heavy atom. The van der Waals surface area contributed by atoms with E-state index in [0.717, 1.165) is 11.3 Å². The van der Waals surface area contributed by atoms with Crippen LogP contribution in [0.5, 0.6) is 0 Å². The summed E-state index contributed by atoms with van der Waals surface area (Å²) in [4.78, 5) is 24.1. The fourth-order valence-corrected chi connectivity index (χ4v) is 2.62. The number of hydrogen-bond acceptors (Lipinski definition) is 3. The van der Waals surface area contributed by atoms with Crippen molar-refractivity contribution in [2.75, 3.05) is 0 Å². The van der Waals surface area contributed by atoms with Crippen LogP contribution >= 0.6 is 0 Å². The van der Waals surface area contributed by atoms with Gasteiger partial charge in [0.15, 0.2) is 0 Å².